The highest BCUT2D eigenvalue weighted by Gasteiger charge is 2.08. The van der Waals surface area contributed by atoms with E-state index in [2.05, 4.69) is 31.0 Å². The SMILES string of the molecule is C/C(=N\Nc1nc(SCC(=O)NCc2ccco2)n[nH]1)c1ccccc1. The average molecular weight is 370 g/mol. The van der Waals surface area contributed by atoms with Crippen LogP contribution in [0.4, 0.5) is 5.95 Å². The summed E-state index contributed by atoms with van der Waals surface area (Å²) in [5, 5.41) is 14.3. The van der Waals surface area contributed by atoms with E-state index < -0.39 is 0 Å². The number of hydrazone groups is 1. The summed E-state index contributed by atoms with van der Waals surface area (Å²) in [4.78, 5) is 16.1. The Morgan fingerprint density at radius 3 is 2.88 bits per heavy atom. The third-order valence-corrected chi connectivity index (χ3v) is 4.21. The molecule has 0 saturated heterocycles. The first-order valence-electron chi connectivity index (χ1n) is 7.91. The minimum Gasteiger partial charge on any atom is -0.467 e. The molecule has 134 valence electrons. The van der Waals surface area contributed by atoms with Crippen molar-refractivity contribution in [3.63, 3.8) is 0 Å². The molecule has 0 bridgehead atoms. The summed E-state index contributed by atoms with van der Waals surface area (Å²) in [7, 11) is 0. The summed E-state index contributed by atoms with van der Waals surface area (Å²) in [5.74, 6) is 1.21. The molecule has 0 aliphatic heterocycles. The Kier molecular flexibility index (Phi) is 6.05. The van der Waals surface area contributed by atoms with Crippen molar-refractivity contribution in [2.75, 3.05) is 11.2 Å². The number of amides is 1. The lowest BCUT2D eigenvalue weighted by Gasteiger charge is -2.01. The number of nitrogens with one attached hydrogen (secondary N) is 3. The number of H-pyrrole nitrogens is 1. The van der Waals surface area contributed by atoms with Gasteiger partial charge in [-0.15, -0.1) is 5.10 Å². The summed E-state index contributed by atoms with van der Waals surface area (Å²) in [6, 6.07) is 13.4. The van der Waals surface area contributed by atoms with Crippen molar-refractivity contribution in [1.82, 2.24) is 20.5 Å². The van der Waals surface area contributed by atoms with Gasteiger partial charge in [0.05, 0.1) is 24.3 Å². The molecular formula is C17H18N6O2S. The Morgan fingerprint density at radius 2 is 2.12 bits per heavy atom. The zero-order valence-electron chi connectivity index (χ0n) is 14.1. The minimum atomic E-state index is -0.122. The minimum absolute atomic E-state index is 0.122. The van der Waals surface area contributed by atoms with Crippen LogP contribution in [0.1, 0.15) is 18.2 Å². The Hall–Kier alpha value is -3.07. The lowest BCUT2D eigenvalue weighted by atomic mass is 10.1. The smallest absolute Gasteiger partial charge is 0.240 e. The molecule has 0 aliphatic carbocycles. The molecule has 0 fully saturated rings. The fourth-order valence-corrected chi connectivity index (χ4v) is 2.65. The number of nitrogens with zero attached hydrogens (tertiary/aromatic N) is 3. The van der Waals surface area contributed by atoms with Gasteiger partial charge in [-0.2, -0.15) is 10.1 Å². The lowest BCUT2D eigenvalue weighted by molar-refractivity contribution is -0.118. The fourth-order valence-electron chi connectivity index (χ4n) is 2.02. The van der Waals surface area contributed by atoms with Gasteiger partial charge in [-0.25, -0.2) is 10.5 Å². The first-order valence-corrected chi connectivity index (χ1v) is 8.89. The molecule has 9 heteroatoms. The largest absolute Gasteiger partial charge is 0.467 e. The molecule has 3 aromatic rings. The molecule has 0 unspecified atom stereocenters. The predicted molar refractivity (Wildman–Crippen MR) is 99.9 cm³/mol. The number of aromatic nitrogens is 3. The van der Waals surface area contributed by atoms with Gasteiger partial charge >= 0.3 is 0 Å². The van der Waals surface area contributed by atoms with E-state index in [1.807, 2.05) is 37.3 Å². The van der Waals surface area contributed by atoms with Crippen LogP contribution in [0, 0.1) is 0 Å². The van der Waals surface area contributed by atoms with Crippen molar-refractivity contribution in [3.8, 4) is 0 Å². The van der Waals surface area contributed by atoms with Crippen LogP contribution in [0.15, 0.2) is 63.4 Å². The van der Waals surface area contributed by atoms with E-state index in [4.69, 9.17) is 4.42 Å². The van der Waals surface area contributed by atoms with Gasteiger partial charge in [0.15, 0.2) is 0 Å². The summed E-state index contributed by atoms with van der Waals surface area (Å²) in [5.41, 5.74) is 4.67. The van der Waals surface area contributed by atoms with Gasteiger partial charge in [-0.1, -0.05) is 42.1 Å². The molecule has 3 N–H and O–H groups in total. The second kappa shape index (κ2) is 8.86. The standard InChI is InChI=1S/C17H18N6O2S/c1-12(13-6-3-2-4-7-13)20-21-16-19-17(23-22-16)26-11-15(24)18-10-14-8-5-9-25-14/h2-9H,10-11H2,1H3,(H,18,24)(H2,19,21,22,23)/b20-12+. The van der Waals surface area contributed by atoms with Crippen molar-refractivity contribution in [3.05, 3.63) is 60.1 Å². The van der Waals surface area contributed by atoms with Crippen molar-refractivity contribution in [2.45, 2.75) is 18.6 Å². The summed E-state index contributed by atoms with van der Waals surface area (Å²) in [6.45, 7) is 2.26. The molecule has 0 atom stereocenters. The van der Waals surface area contributed by atoms with Crippen LogP contribution in [-0.4, -0.2) is 32.6 Å². The summed E-state index contributed by atoms with van der Waals surface area (Å²) < 4.78 is 5.16. The number of rotatable bonds is 8. The molecule has 1 amide bonds. The molecule has 0 aliphatic rings. The Labute approximate surface area is 154 Å². The molecular weight excluding hydrogens is 352 g/mol. The highest BCUT2D eigenvalue weighted by molar-refractivity contribution is 7.99. The van der Waals surface area contributed by atoms with E-state index in [1.54, 1.807) is 18.4 Å². The van der Waals surface area contributed by atoms with Crippen LogP contribution in [0.5, 0.6) is 0 Å². The number of carbonyl (C=O) groups excluding carboxylic acids is 1. The van der Waals surface area contributed by atoms with Gasteiger partial charge in [-0.3, -0.25) is 4.79 Å². The average Bonchev–Trinajstić information content (AvgIpc) is 3.35. The first-order chi connectivity index (χ1) is 12.7. The van der Waals surface area contributed by atoms with Gasteiger partial charge in [0.25, 0.3) is 0 Å². The monoisotopic (exact) mass is 370 g/mol. The number of hydrogen-bond acceptors (Lipinski definition) is 7. The van der Waals surface area contributed by atoms with Crippen LogP contribution in [-0.2, 0) is 11.3 Å². The van der Waals surface area contributed by atoms with Gasteiger partial charge in [0.2, 0.25) is 17.0 Å². The second-order valence-corrected chi connectivity index (χ2v) is 6.23. The highest BCUT2D eigenvalue weighted by atomic mass is 32.2. The van der Waals surface area contributed by atoms with E-state index in [-0.39, 0.29) is 11.7 Å². The molecule has 0 spiro atoms. The molecule has 3 rings (SSSR count). The van der Waals surface area contributed by atoms with Crippen LogP contribution in [0.3, 0.4) is 0 Å². The maximum absolute atomic E-state index is 11.8. The van der Waals surface area contributed by atoms with Crippen LogP contribution in [0.25, 0.3) is 0 Å². The topological polar surface area (TPSA) is 108 Å². The van der Waals surface area contributed by atoms with E-state index in [9.17, 15) is 4.79 Å². The van der Waals surface area contributed by atoms with Crippen LogP contribution in [0.2, 0.25) is 0 Å². The van der Waals surface area contributed by atoms with Crippen molar-refractivity contribution >= 4 is 29.3 Å². The second-order valence-electron chi connectivity index (χ2n) is 5.29. The molecule has 2 aromatic heterocycles. The van der Waals surface area contributed by atoms with Crippen molar-refractivity contribution in [2.24, 2.45) is 5.10 Å². The van der Waals surface area contributed by atoms with E-state index in [0.29, 0.717) is 23.4 Å². The van der Waals surface area contributed by atoms with Crippen molar-refractivity contribution < 1.29 is 9.21 Å². The third kappa shape index (κ3) is 5.21. The lowest BCUT2D eigenvalue weighted by Crippen LogP contribution is -2.24. The number of thioether (sulfide) groups is 1. The molecule has 26 heavy (non-hydrogen) atoms. The van der Waals surface area contributed by atoms with E-state index in [1.165, 1.54) is 11.8 Å². The Morgan fingerprint density at radius 1 is 1.27 bits per heavy atom. The number of carbonyl (C=O) groups is 1. The summed E-state index contributed by atoms with van der Waals surface area (Å²) in [6.07, 6.45) is 1.57. The maximum atomic E-state index is 11.8. The van der Waals surface area contributed by atoms with Gasteiger partial charge in [0, 0.05) is 0 Å². The third-order valence-electron chi connectivity index (χ3n) is 3.36. The highest BCUT2D eigenvalue weighted by Crippen LogP contribution is 2.14. The Balaban J connectivity index is 1.45. The molecule has 0 radical (unpaired) electrons. The van der Waals surface area contributed by atoms with Crippen LogP contribution < -0.4 is 10.7 Å². The number of hydrogen-bond donors (Lipinski definition) is 3. The Bertz CT molecular complexity index is 861. The number of aromatic amines is 1. The maximum Gasteiger partial charge on any atom is 0.240 e. The zero-order chi connectivity index (χ0) is 18.2. The number of furan rings is 1. The summed E-state index contributed by atoms with van der Waals surface area (Å²) >= 11 is 1.23. The molecule has 1 aromatic carbocycles. The first kappa shape index (κ1) is 17.7. The molecule has 2 heterocycles. The molecule has 0 saturated carbocycles. The van der Waals surface area contributed by atoms with E-state index in [0.717, 1.165) is 11.3 Å². The van der Waals surface area contributed by atoms with Gasteiger partial charge < -0.3 is 9.73 Å². The number of anilines is 1. The van der Waals surface area contributed by atoms with Gasteiger partial charge in [0.1, 0.15) is 5.76 Å². The van der Waals surface area contributed by atoms with Crippen molar-refractivity contribution in [1.29, 1.82) is 0 Å². The zero-order valence-corrected chi connectivity index (χ0v) is 14.9. The number of benzene rings is 1. The normalized spacial score (nSPS) is 11.3. The quantitative estimate of drug-likeness (QED) is 0.320. The predicted octanol–water partition coefficient (Wildman–Crippen LogP) is 2.64. The van der Waals surface area contributed by atoms with Crippen LogP contribution >= 0.6 is 11.8 Å². The van der Waals surface area contributed by atoms with E-state index >= 15 is 0 Å². The van der Waals surface area contributed by atoms with Gasteiger partial charge in [-0.05, 0) is 24.6 Å². The fraction of sp³-hybridized carbons (Fsp3) is 0.176. The molecule has 8 nitrogen and oxygen atoms in total.